The standard InChI is InChI=1S/C23H22N2O4/c1-15-6-8-16(9-7-15)19-14-18(17-10-11-20(27-2)22(13-17)28-3)24-25(19)23(26)21-5-4-12-29-21/h4-13,19H,14H2,1-3H3. The summed E-state index contributed by atoms with van der Waals surface area (Å²) in [5.74, 6) is 1.26. The third-order valence-electron chi connectivity index (χ3n) is 5.03. The highest BCUT2D eigenvalue weighted by Gasteiger charge is 2.34. The summed E-state index contributed by atoms with van der Waals surface area (Å²) in [6.45, 7) is 2.04. The predicted octanol–water partition coefficient (Wildman–Crippen LogP) is 4.60. The molecule has 29 heavy (non-hydrogen) atoms. The second kappa shape index (κ2) is 7.83. The van der Waals surface area contributed by atoms with E-state index in [0.717, 1.165) is 22.4 Å². The highest BCUT2D eigenvalue weighted by atomic mass is 16.5. The van der Waals surface area contributed by atoms with Gasteiger partial charge >= 0.3 is 5.91 Å². The Morgan fingerprint density at radius 1 is 1.07 bits per heavy atom. The summed E-state index contributed by atoms with van der Waals surface area (Å²) in [6.07, 6.45) is 2.08. The Morgan fingerprint density at radius 2 is 1.83 bits per heavy atom. The van der Waals surface area contributed by atoms with Gasteiger partial charge in [0.15, 0.2) is 17.3 Å². The van der Waals surface area contributed by atoms with Gasteiger partial charge in [0.25, 0.3) is 0 Å². The van der Waals surface area contributed by atoms with Crippen LogP contribution < -0.4 is 9.47 Å². The van der Waals surface area contributed by atoms with Gasteiger partial charge in [-0.25, -0.2) is 5.01 Å². The third kappa shape index (κ3) is 3.61. The van der Waals surface area contributed by atoms with E-state index in [-0.39, 0.29) is 17.7 Å². The maximum Gasteiger partial charge on any atom is 0.310 e. The number of furan rings is 1. The van der Waals surface area contributed by atoms with Crippen molar-refractivity contribution in [3.8, 4) is 11.5 Å². The third-order valence-corrected chi connectivity index (χ3v) is 5.03. The Kier molecular flexibility index (Phi) is 5.08. The molecule has 1 aliphatic heterocycles. The van der Waals surface area contributed by atoms with Crippen molar-refractivity contribution in [3.63, 3.8) is 0 Å². The number of ether oxygens (including phenoxy) is 2. The van der Waals surface area contributed by atoms with Gasteiger partial charge in [0.05, 0.1) is 32.2 Å². The van der Waals surface area contributed by atoms with Gasteiger partial charge in [-0.1, -0.05) is 29.8 Å². The number of aryl methyl sites for hydroxylation is 1. The van der Waals surface area contributed by atoms with Gasteiger partial charge in [-0.05, 0) is 42.8 Å². The normalized spacial score (nSPS) is 15.9. The van der Waals surface area contributed by atoms with Crippen LogP contribution in [0.15, 0.2) is 70.4 Å². The summed E-state index contributed by atoms with van der Waals surface area (Å²) < 4.78 is 16.1. The minimum atomic E-state index is -0.268. The number of carbonyl (C=O) groups is 1. The van der Waals surface area contributed by atoms with Gasteiger partial charge in [0.1, 0.15) is 0 Å². The maximum atomic E-state index is 13.0. The maximum absolute atomic E-state index is 13.0. The first-order valence-corrected chi connectivity index (χ1v) is 9.34. The van der Waals surface area contributed by atoms with Gasteiger partial charge < -0.3 is 13.9 Å². The molecule has 4 rings (SSSR count). The molecule has 1 atom stereocenters. The topological polar surface area (TPSA) is 64.3 Å². The molecule has 1 unspecified atom stereocenters. The second-order valence-corrected chi connectivity index (χ2v) is 6.87. The molecule has 2 heterocycles. The smallest absolute Gasteiger partial charge is 0.310 e. The largest absolute Gasteiger partial charge is 0.493 e. The molecule has 0 N–H and O–H groups in total. The van der Waals surface area contributed by atoms with Crippen LogP contribution in [0.3, 0.4) is 0 Å². The molecule has 0 saturated heterocycles. The number of rotatable bonds is 5. The molecular formula is C23H22N2O4. The lowest BCUT2D eigenvalue weighted by atomic mass is 9.97. The molecule has 6 heteroatoms. The van der Waals surface area contributed by atoms with E-state index in [1.54, 1.807) is 26.4 Å². The molecule has 0 aliphatic carbocycles. The lowest BCUT2D eigenvalue weighted by Gasteiger charge is -2.21. The molecule has 0 fully saturated rings. The summed E-state index contributed by atoms with van der Waals surface area (Å²) in [4.78, 5) is 13.0. The SMILES string of the molecule is COc1ccc(C2=NN(C(=O)c3ccco3)C(c3ccc(C)cc3)C2)cc1OC. The van der Waals surface area contributed by atoms with Crippen LogP contribution in [0.2, 0.25) is 0 Å². The summed E-state index contributed by atoms with van der Waals surface area (Å²) in [5.41, 5.74) is 3.87. The summed E-state index contributed by atoms with van der Waals surface area (Å²) >= 11 is 0. The average molecular weight is 390 g/mol. The van der Waals surface area contributed by atoms with Crippen molar-refractivity contribution >= 4 is 11.6 Å². The first kappa shape index (κ1) is 18.8. The Bertz CT molecular complexity index is 1040. The Balaban J connectivity index is 1.73. The van der Waals surface area contributed by atoms with Gasteiger partial charge in [-0.2, -0.15) is 5.10 Å². The highest BCUT2D eigenvalue weighted by molar-refractivity contribution is 6.05. The van der Waals surface area contributed by atoms with Gasteiger partial charge in [-0.15, -0.1) is 0 Å². The van der Waals surface area contributed by atoms with E-state index in [1.807, 2.05) is 49.4 Å². The summed E-state index contributed by atoms with van der Waals surface area (Å²) in [6, 6.07) is 16.9. The van der Waals surface area contributed by atoms with E-state index in [4.69, 9.17) is 13.9 Å². The zero-order chi connectivity index (χ0) is 20.4. The molecule has 148 valence electrons. The molecule has 6 nitrogen and oxygen atoms in total. The van der Waals surface area contributed by atoms with Crippen molar-refractivity contribution in [2.24, 2.45) is 5.10 Å². The van der Waals surface area contributed by atoms with Crippen LogP contribution >= 0.6 is 0 Å². The van der Waals surface area contributed by atoms with Crippen molar-refractivity contribution in [3.05, 3.63) is 83.3 Å². The molecular weight excluding hydrogens is 368 g/mol. The van der Waals surface area contributed by atoms with Crippen LogP contribution in [0.5, 0.6) is 11.5 Å². The number of hydrogen-bond acceptors (Lipinski definition) is 5. The number of benzene rings is 2. The molecule has 1 amide bonds. The molecule has 2 aromatic carbocycles. The zero-order valence-corrected chi connectivity index (χ0v) is 16.6. The minimum Gasteiger partial charge on any atom is -0.493 e. The van der Waals surface area contributed by atoms with Crippen molar-refractivity contribution < 1.29 is 18.7 Å². The Labute approximate surface area is 169 Å². The van der Waals surface area contributed by atoms with Crippen molar-refractivity contribution in [1.82, 2.24) is 5.01 Å². The van der Waals surface area contributed by atoms with E-state index in [2.05, 4.69) is 5.10 Å². The van der Waals surface area contributed by atoms with E-state index in [9.17, 15) is 4.79 Å². The van der Waals surface area contributed by atoms with E-state index in [0.29, 0.717) is 17.9 Å². The Hall–Kier alpha value is -3.54. The van der Waals surface area contributed by atoms with Crippen LogP contribution in [-0.2, 0) is 0 Å². The van der Waals surface area contributed by atoms with Crippen LogP contribution in [0.25, 0.3) is 0 Å². The minimum absolute atomic E-state index is 0.212. The molecule has 0 spiro atoms. The summed E-state index contributed by atoms with van der Waals surface area (Å²) in [5, 5.41) is 6.18. The number of carbonyl (C=O) groups excluding carboxylic acids is 1. The predicted molar refractivity (Wildman–Crippen MR) is 109 cm³/mol. The van der Waals surface area contributed by atoms with Crippen LogP contribution in [0.1, 0.15) is 39.7 Å². The first-order valence-electron chi connectivity index (χ1n) is 9.34. The monoisotopic (exact) mass is 390 g/mol. The lowest BCUT2D eigenvalue weighted by molar-refractivity contribution is 0.0678. The number of methoxy groups -OCH3 is 2. The molecule has 0 bridgehead atoms. The van der Waals surface area contributed by atoms with Crippen molar-refractivity contribution in [2.75, 3.05) is 14.2 Å². The zero-order valence-electron chi connectivity index (χ0n) is 16.6. The van der Waals surface area contributed by atoms with E-state index in [1.165, 1.54) is 11.3 Å². The number of hydrazone groups is 1. The van der Waals surface area contributed by atoms with E-state index >= 15 is 0 Å². The molecule has 1 aromatic heterocycles. The summed E-state index contributed by atoms with van der Waals surface area (Å²) in [7, 11) is 3.20. The molecule has 0 radical (unpaired) electrons. The van der Waals surface area contributed by atoms with Gasteiger partial charge in [-0.3, -0.25) is 4.79 Å². The Morgan fingerprint density at radius 3 is 2.48 bits per heavy atom. The van der Waals surface area contributed by atoms with Gasteiger partial charge in [0, 0.05) is 12.0 Å². The first-order chi connectivity index (χ1) is 14.1. The number of hydrogen-bond donors (Lipinski definition) is 0. The fraction of sp³-hybridized carbons (Fsp3) is 0.217. The molecule has 0 saturated carbocycles. The number of nitrogens with zero attached hydrogens (tertiary/aromatic N) is 2. The number of amides is 1. The molecule has 3 aromatic rings. The fourth-order valence-corrected chi connectivity index (χ4v) is 3.45. The molecule has 1 aliphatic rings. The van der Waals surface area contributed by atoms with Crippen LogP contribution in [0, 0.1) is 6.92 Å². The average Bonchev–Trinajstić information content (AvgIpc) is 3.44. The van der Waals surface area contributed by atoms with Crippen molar-refractivity contribution in [2.45, 2.75) is 19.4 Å². The van der Waals surface area contributed by atoms with Crippen LogP contribution in [0.4, 0.5) is 0 Å². The van der Waals surface area contributed by atoms with Crippen molar-refractivity contribution in [1.29, 1.82) is 0 Å². The van der Waals surface area contributed by atoms with Gasteiger partial charge in [0.2, 0.25) is 0 Å². The highest BCUT2D eigenvalue weighted by Crippen LogP contribution is 2.36. The second-order valence-electron chi connectivity index (χ2n) is 6.87. The van der Waals surface area contributed by atoms with E-state index < -0.39 is 0 Å². The fourth-order valence-electron chi connectivity index (χ4n) is 3.45. The quantitative estimate of drug-likeness (QED) is 0.639. The van der Waals surface area contributed by atoms with Crippen LogP contribution in [-0.4, -0.2) is 30.8 Å². The lowest BCUT2D eigenvalue weighted by Crippen LogP contribution is -2.26.